The molecule has 0 amide bonds. The molecule has 0 fully saturated rings. The Labute approximate surface area is 171 Å². The van der Waals surface area contributed by atoms with Crippen LogP contribution < -0.4 is 10.1 Å². The number of nitro benzene ring substituents is 1. The first kappa shape index (κ1) is 21.2. The lowest BCUT2D eigenvalue weighted by atomic mass is 10.1. The molecule has 0 spiro atoms. The van der Waals surface area contributed by atoms with E-state index in [9.17, 15) is 23.3 Å². The molecule has 5 nitrogen and oxygen atoms in total. The number of ether oxygens (including phenoxy) is 1. The van der Waals surface area contributed by atoms with Crippen molar-refractivity contribution in [2.24, 2.45) is 0 Å². The predicted octanol–water partition coefficient (Wildman–Crippen LogP) is 6.63. The fourth-order valence-corrected chi connectivity index (χ4v) is 2.85. The lowest BCUT2D eigenvalue weighted by Gasteiger charge is -2.12. The van der Waals surface area contributed by atoms with Crippen LogP contribution in [0.4, 0.5) is 24.5 Å². The minimum atomic E-state index is -4.67. The van der Waals surface area contributed by atoms with Gasteiger partial charge in [-0.1, -0.05) is 24.3 Å². The summed E-state index contributed by atoms with van der Waals surface area (Å²) < 4.78 is 43.9. The van der Waals surface area contributed by atoms with Crippen molar-refractivity contribution < 1.29 is 22.8 Å². The number of hydrogen-bond acceptors (Lipinski definition) is 4. The number of halogens is 3. The summed E-state index contributed by atoms with van der Waals surface area (Å²) >= 11 is 0. The maximum Gasteiger partial charge on any atom is 0.416 e. The van der Waals surface area contributed by atoms with Gasteiger partial charge in [0.2, 0.25) is 5.75 Å². The van der Waals surface area contributed by atoms with Gasteiger partial charge in [-0.05, 0) is 60.9 Å². The summed E-state index contributed by atoms with van der Waals surface area (Å²) in [5.41, 5.74) is 2.39. The molecule has 3 aromatic carbocycles. The first-order valence-corrected chi connectivity index (χ1v) is 9.07. The molecule has 0 aliphatic rings. The van der Waals surface area contributed by atoms with Crippen LogP contribution in [0.3, 0.4) is 0 Å². The molecule has 3 aromatic rings. The Balaban J connectivity index is 1.72. The second-order valence-electron chi connectivity index (χ2n) is 6.86. The predicted molar refractivity (Wildman–Crippen MR) is 108 cm³/mol. The van der Waals surface area contributed by atoms with Crippen molar-refractivity contribution >= 4 is 11.4 Å². The third kappa shape index (κ3) is 5.08. The van der Waals surface area contributed by atoms with Gasteiger partial charge >= 0.3 is 11.9 Å². The van der Waals surface area contributed by atoms with Crippen molar-refractivity contribution in [2.75, 3.05) is 5.32 Å². The lowest BCUT2D eigenvalue weighted by Crippen LogP contribution is -2.06. The highest BCUT2D eigenvalue weighted by Crippen LogP contribution is 2.37. The molecule has 0 radical (unpaired) electrons. The van der Waals surface area contributed by atoms with Crippen LogP contribution in [0.5, 0.6) is 11.5 Å². The number of nitro groups is 1. The van der Waals surface area contributed by atoms with Gasteiger partial charge in [-0.2, -0.15) is 13.2 Å². The van der Waals surface area contributed by atoms with Gasteiger partial charge in [0.15, 0.2) is 0 Å². The molecule has 30 heavy (non-hydrogen) atoms. The van der Waals surface area contributed by atoms with Crippen molar-refractivity contribution in [1.82, 2.24) is 0 Å². The summed E-state index contributed by atoms with van der Waals surface area (Å²) in [6, 6.07) is 15.1. The Bertz CT molecular complexity index is 1060. The molecule has 0 aliphatic heterocycles. The van der Waals surface area contributed by atoms with Gasteiger partial charge < -0.3 is 10.1 Å². The summed E-state index contributed by atoms with van der Waals surface area (Å²) in [5, 5.41) is 14.5. The fraction of sp³-hybridized carbons (Fsp3) is 0.182. The van der Waals surface area contributed by atoms with Crippen molar-refractivity contribution in [2.45, 2.75) is 26.6 Å². The van der Waals surface area contributed by atoms with E-state index in [1.165, 1.54) is 0 Å². The number of rotatable bonds is 6. The summed E-state index contributed by atoms with van der Waals surface area (Å²) in [7, 11) is 0. The molecule has 0 heterocycles. The largest absolute Gasteiger partial charge is 0.450 e. The Hall–Kier alpha value is -3.55. The van der Waals surface area contributed by atoms with Crippen molar-refractivity contribution in [3.05, 3.63) is 93.0 Å². The van der Waals surface area contributed by atoms with Crippen molar-refractivity contribution in [1.29, 1.82) is 0 Å². The standard InChI is InChI=1S/C22H19F3N2O3/c1-14-3-4-15(2)19(11-14)26-13-16-5-8-18(9-6-16)30-21-10-7-17(22(23,24)25)12-20(21)27(28)29/h3-12,26H,13H2,1-2H3. The Morgan fingerprint density at radius 1 is 1.00 bits per heavy atom. The Morgan fingerprint density at radius 3 is 2.33 bits per heavy atom. The fourth-order valence-electron chi connectivity index (χ4n) is 2.85. The summed E-state index contributed by atoms with van der Waals surface area (Å²) in [6.45, 7) is 4.58. The molecule has 8 heteroatoms. The van der Waals surface area contributed by atoms with E-state index in [0.717, 1.165) is 34.5 Å². The van der Waals surface area contributed by atoms with E-state index in [4.69, 9.17) is 4.74 Å². The van der Waals surface area contributed by atoms with E-state index in [1.54, 1.807) is 24.3 Å². The summed E-state index contributed by atoms with van der Waals surface area (Å²) in [6.07, 6.45) is -4.67. The molecular weight excluding hydrogens is 397 g/mol. The zero-order valence-electron chi connectivity index (χ0n) is 16.3. The minimum absolute atomic E-state index is 0.255. The quantitative estimate of drug-likeness (QED) is 0.362. The molecule has 3 rings (SSSR count). The van der Waals surface area contributed by atoms with Gasteiger partial charge in [-0.15, -0.1) is 0 Å². The number of nitrogens with one attached hydrogen (secondary N) is 1. The maximum atomic E-state index is 12.8. The normalized spacial score (nSPS) is 11.2. The minimum Gasteiger partial charge on any atom is -0.450 e. The van der Waals surface area contributed by atoms with Gasteiger partial charge in [-0.25, -0.2) is 0 Å². The van der Waals surface area contributed by atoms with E-state index >= 15 is 0 Å². The van der Waals surface area contributed by atoms with Crippen LogP contribution >= 0.6 is 0 Å². The van der Waals surface area contributed by atoms with Gasteiger partial charge in [0.25, 0.3) is 0 Å². The molecule has 0 aromatic heterocycles. The van der Waals surface area contributed by atoms with Crippen LogP contribution in [-0.4, -0.2) is 4.92 Å². The Morgan fingerprint density at radius 2 is 1.70 bits per heavy atom. The van der Waals surface area contributed by atoms with Crippen LogP contribution in [-0.2, 0) is 12.7 Å². The maximum absolute atomic E-state index is 12.8. The van der Waals surface area contributed by atoms with Crippen LogP contribution in [0.25, 0.3) is 0 Å². The molecule has 0 atom stereocenters. The first-order chi connectivity index (χ1) is 14.1. The highest BCUT2D eigenvalue weighted by molar-refractivity contribution is 5.53. The zero-order chi connectivity index (χ0) is 21.9. The van der Waals surface area contributed by atoms with E-state index in [1.807, 2.05) is 26.0 Å². The molecule has 1 N–H and O–H groups in total. The molecule has 156 valence electrons. The first-order valence-electron chi connectivity index (χ1n) is 9.07. The van der Waals surface area contributed by atoms with Gasteiger partial charge in [0, 0.05) is 18.3 Å². The number of hydrogen-bond donors (Lipinski definition) is 1. The van der Waals surface area contributed by atoms with Crippen LogP contribution in [0, 0.1) is 24.0 Å². The second kappa shape index (κ2) is 8.44. The van der Waals surface area contributed by atoms with Crippen molar-refractivity contribution in [3.63, 3.8) is 0 Å². The second-order valence-corrected chi connectivity index (χ2v) is 6.86. The van der Waals surface area contributed by atoms with Crippen molar-refractivity contribution in [3.8, 4) is 11.5 Å². The molecule has 0 unspecified atom stereocenters. The number of benzene rings is 3. The van der Waals surface area contributed by atoms with Gasteiger partial charge in [-0.3, -0.25) is 10.1 Å². The SMILES string of the molecule is Cc1ccc(C)c(NCc2ccc(Oc3ccc(C(F)(F)F)cc3[N+](=O)[O-])cc2)c1. The van der Waals surface area contributed by atoms with E-state index in [-0.39, 0.29) is 11.5 Å². The zero-order valence-corrected chi connectivity index (χ0v) is 16.3. The highest BCUT2D eigenvalue weighted by atomic mass is 19.4. The highest BCUT2D eigenvalue weighted by Gasteiger charge is 2.33. The average Bonchev–Trinajstić information content (AvgIpc) is 2.69. The molecule has 0 saturated heterocycles. The third-order valence-electron chi connectivity index (χ3n) is 4.51. The number of alkyl halides is 3. The monoisotopic (exact) mass is 416 g/mol. The molecule has 0 saturated carbocycles. The van der Waals surface area contributed by atoms with Gasteiger partial charge in [0.1, 0.15) is 5.75 Å². The van der Waals surface area contributed by atoms with Crippen LogP contribution in [0.1, 0.15) is 22.3 Å². The number of nitrogens with zero attached hydrogens (tertiary/aromatic N) is 1. The average molecular weight is 416 g/mol. The van der Waals surface area contributed by atoms with Crippen LogP contribution in [0.15, 0.2) is 60.7 Å². The summed E-state index contributed by atoms with van der Waals surface area (Å²) in [4.78, 5) is 10.3. The molecule has 0 bridgehead atoms. The summed E-state index contributed by atoms with van der Waals surface area (Å²) in [5.74, 6) is 0.0302. The van der Waals surface area contributed by atoms with E-state index in [2.05, 4.69) is 11.4 Å². The van der Waals surface area contributed by atoms with E-state index < -0.39 is 22.4 Å². The van der Waals surface area contributed by atoms with E-state index in [0.29, 0.717) is 12.6 Å². The lowest BCUT2D eigenvalue weighted by molar-refractivity contribution is -0.385. The molecule has 0 aliphatic carbocycles. The third-order valence-corrected chi connectivity index (χ3v) is 4.51. The molecular formula is C22H19F3N2O3. The Kier molecular flexibility index (Phi) is 5.96. The topological polar surface area (TPSA) is 64.4 Å². The van der Waals surface area contributed by atoms with Gasteiger partial charge in [0.05, 0.1) is 10.5 Å². The van der Waals surface area contributed by atoms with Crippen LogP contribution in [0.2, 0.25) is 0 Å². The smallest absolute Gasteiger partial charge is 0.416 e. The number of aryl methyl sites for hydroxylation is 2. The number of anilines is 1.